The van der Waals surface area contributed by atoms with E-state index in [0.717, 1.165) is 31.6 Å². The van der Waals surface area contributed by atoms with Crippen molar-refractivity contribution in [1.29, 1.82) is 0 Å². The highest BCUT2D eigenvalue weighted by Gasteiger charge is 2.23. The standard InChI is InChI=1S/C16H24N2O/c1-4-16(19)15-7-5-6-14(17-15)13-8-10-18(11-9-13)12(2)3/h5-7,12-13H,4,8-11H2,1-3H3. The molecule has 3 nitrogen and oxygen atoms in total. The van der Waals surface area contributed by atoms with Crippen molar-refractivity contribution in [3.8, 4) is 0 Å². The van der Waals surface area contributed by atoms with Crippen LogP contribution in [0.5, 0.6) is 0 Å². The van der Waals surface area contributed by atoms with E-state index in [1.165, 1.54) is 0 Å². The maximum Gasteiger partial charge on any atom is 0.180 e. The first-order valence-corrected chi connectivity index (χ1v) is 7.36. The molecule has 3 heteroatoms. The van der Waals surface area contributed by atoms with Crippen LogP contribution in [-0.2, 0) is 0 Å². The number of carbonyl (C=O) groups excluding carboxylic acids is 1. The predicted molar refractivity (Wildman–Crippen MR) is 77.5 cm³/mol. The maximum absolute atomic E-state index is 11.7. The molecule has 2 heterocycles. The summed E-state index contributed by atoms with van der Waals surface area (Å²) in [6.45, 7) is 8.65. The second kappa shape index (κ2) is 6.29. The zero-order valence-corrected chi connectivity index (χ0v) is 12.2. The molecule has 0 aliphatic carbocycles. The van der Waals surface area contributed by atoms with Crippen LogP contribution in [0.2, 0.25) is 0 Å². The number of rotatable bonds is 4. The number of nitrogens with zero attached hydrogens (tertiary/aromatic N) is 2. The number of Topliss-reactive ketones (excluding diaryl/α,β-unsaturated/α-hetero) is 1. The van der Waals surface area contributed by atoms with E-state index in [9.17, 15) is 4.79 Å². The SMILES string of the molecule is CCC(=O)c1cccc(C2CCN(C(C)C)CC2)n1. The molecule has 0 atom stereocenters. The first-order valence-electron chi connectivity index (χ1n) is 7.36. The van der Waals surface area contributed by atoms with Crippen molar-refractivity contribution < 1.29 is 4.79 Å². The van der Waals surface area contributed by atoms with Crippen molar-refractivity contribution >= 4 is 5.78 Å². The quantitative estimate of drug-likeness (QED) is 0.779. The largest absolute Gasteiger partial charge is 0.301 e. The average molecular weight is 260 g/mol. The summed E-state index contributed by atoms with van der Waals surface area (Å²) in [5.74, 6) is 0.654. The normalized spacial score (nSPS) is 17.9. The Balaban J connectivity index is 2.05. The van der Waals surface area contributed by atoms with Crippen LogP contribution in [-0.4, -0.2) is 34.8 Å². The van der Waals surface area contributed by atoms with Gasteiger partial charge in [-0.2, -0.15) is 0 Å². The molecular weight excluding hydrogens is 236 g/mol. The summed E-state index contributed by atoms with van der Waals surface area (Å²) in [7, 11) is 0. The molecule has 0 radical (unpaired) electrons. The van der Waals surface area contributed by atoms with Crippen LogP contribution in [0.25, 0.3) is 0 Å². The van der Waals surface area contributed by atoms with Crippen molar-refractivity contribution in [2.24, 2.45) is 0 Å². The van der Waals surface area contributed by atoms with Gasteiger partial charge in [0.2, 0.25) is 0 Å². The summed E-state index contributed by atoms with van der Waals surface area (Å²) in [5, 5.41) is 0. The van der Waals surface area contributed by atoms with E-state index in [2.05, 4.69) is 29.8 Å². The summed E-state index contributed by atoms with van der Waals surface area (Å²) in [6.07, 6.45) is 2.83. The van der Waals surface area contributed by atoms with Crippen LogP contribution >= 0.6 is 0 Å². The lowest BCUT2D eigenvalue weighted by atomic mass is 9.92. The molecule has 19 heavy (non-hydrogen) atoms. The molecule has 0 N–H and O–H groups in total. The Kier molecular flexibility index (Phi) is 4.70. The van der Waals surface area contributed by atoms with E-state index in [1.54, 1.807) is 0 Å². The van der Waals surface area contributed by atoms with Gasteiger partial charge in [0.05, 0.1) is 0 Å². The van der Waals surface area contributed by atoms with Crippen molar-refractivity contribution in [2.75, 3.05) is 13.1 Å². The number of ketones is 1. The van der Waals surface area contributed by atoms with Gasteiger partial charge >= 0.3 is 0 Å². The topological polar surface area (TPSA) is 33.2 Å². The van der Waals surface area contributed by atoms with Crippen LogP contribution < -0.4 is 0 Å². The minimum Gasteiger partial charge on any atom is -0.301 e. The van der Waals surface area contributed by atoms with E-state index in [4.69, 9.17) is 0 Å². The fourth-order valence-corrected chi connectivity index (χ4v) is 2.73. The molecule has 1 aliphatic heterocycles. The van der Waals surface area contributed by atoms with Gasteiger partial charge in [-0.1, -0.05) is 13.0 Å². The molecular formula is C16H24N2O. The molecule has 2 rings (SSSR count). The fourth-order valence-electron chi connectivity index (χ4n) is 2.73. The zero-order chi connectivity index (χ0) is 13.8. The highest BCUT2D eigenvalue weighted by atomic mass is 16.1. The van der Waals surface area contributed by atoms with Gasteiger partial charge in [-0.25, -0.2) is 4.98 Å². The Labute approximate surface area is 116 Å². The number of likely N-dealkylation sites (tertiary alicyclic amines) is 1. The van der Waals surface area contributed by atoms with Gasteiger partial charge in [-0.15, -0.1) is 0 Å². The average Bonchev–Trinajstić information content (AvgIpc) is 2.46. The summed E-state index contributed by atoms with van der Waals surface area (Å²) < 4.78 is 0. The van der Waals surface area contributed by atoms with Crippen LogP contribution in [0, 0.1) is 0 Å². The van der Waals surface area contributed by atoms with Crippen LogP contribution in [0.3, 0.4) is 0 Å². The third-order valence-corrected chi connectivity index (χ3v) is 4.06. The molecule has 1 aromatic heterocycles. The first kappa shape index (κ1) is 14.2. The number of carbonyl (C=O) groups is 1. The smallest absolute Gasteiger partial charge is 0.180 e. The lowest BCUT2D eigenvalue weighted by Crippen LogP contribution is -2.38. The summed E-state index contributed by atoms with van der Waals surface area (Å²) in [6, 6.07) is 6.50. The van der Waals surface area contributed by atoms with Gasteiger partial charge in [-0.05, 0) is 51.9 Å². The Bertz CT molecular complexity index is 434. The minimum absolute atomic E-state index is 0.140. The molecule has 0 bridgehead atoms. The van der Waals surface area contributed by atoms with Crippen molar-refractivity contribution in [2.45, 2.75) is 52.0 Å². The highest BCUT2D eigenvalue weighted by Crippen LogP contribution is 2.27. The summed E-state index contributed by atoms with van der Waals surface area (Å²) >= 11 is 0. The zero-order valence-electron chi connectivity index (χ0n) is 12.2. The van der Waals surface area contributed by atoms with Crippen molar-refractivity contribution in [3.63, 3.8) is 0 Å². The number of piperidine rings is 1. The summed E-state index contributed by atoms with van der Waals surface area (Å²) in [4.78, 5) is 18.8. The number of hydrogen-bond acceptors (Lipinski definition) is 3. The van der Waals surface area contributed by atoms with Gasteiger partial charge in [-0.3, -0.25) is 4.79 Å². The lowest BCUT2D eigenvalue weighted by molar-refractivity contribution is 0.0983. The third kappa shape index (κ3) is 3.41. The molecule has 0 amide bonds. The van der Waals surface area contributed by atoms with Crippen LogP contribution in [0.4, 0.5) is 0 Å². The van der Waals surface area contributed by atoms with Crippen LogP contribution in [0.1, 0.15) is 62.1 Å². The van der Waals surface area contributed by atoms with Gasteiger partial charge in [0.15, 0.2) is 5.78 Å². The van der Waals surface area contributed by atoms with E-state index >= 15 is 0 Å². The molecule has 1 saturated heterocycles. The molecule has 0 spiro atoms. The molecule has 104 valence electrons. The number of pyridine rings is 1. The Morgan fingerprint density at radius 3 is 2.63 bits per heavy atom. The van der Waals surface area contributed by atoms with E-state index in [1.807, 2.05) is 19.1 Å². The molecule has 0 aromatic carbocycles. The third-order valence-electron chi connectivity index (χ3n) is 4.06. The molecule has 0 saturated carbocycles. The molecule has 1 aromatic rings. The molecule has 1 fully saturated rings. The Morgan fingerprint density at radius 1 is 1.37 bits per heavy atom. The highest BCUT2D eigenvalue weighted by molar-refractivity contribution is 5.93. The van der Waals surface area contributed by atoms with Crippen molar-refractivity contribution in [3.05, 3.63) is 29.6 Å². The van der Waals surface area contributed by atoms with E-state index < -0.39 is 0 Å². The van der Waals surface area contributed by atoms with Gasteiger partial charge in [0.1, 0.15) is 5.69 Å². The van der Waals surface area contributed by atoms with Gasteiger partial charge in [0, 0.05) is 24.1 Å². The second-order valence-corrected chi connectivity index (χ2v) is 5.63. The first-order chi connectivity index (χ1) is 9.11. The number of hydrogen-bond donors (Lipinski definition) is 0. The molecule has 1 aliphatic rings. The Morgan fingerprint density at radius 2 is 2.05 bits per heavy atom. The lowest BCUT2D eigenvalue weighted by Gasteiger charge is -2.34. The van der Waals surface area contributed by atoms with E-state index in [-0.39, 0.29) is 5.78 Å². The predicted octanol–water partition coefficient (Wildman–Crippen LogP) is 3.26. The van der Waals surface area contributed by atoms with Crippen molar-refractivity contribution in [1.82, 2.24) is 9.88 Å². The summed E-state index contributed by atoms with van der Waals surface area (Å²) in [5.41, 5.74) is 1.73. The Hall–Kier alpha value is -1.22. The fraction of sp³-hybridized carbons (Fsp3) is 0.625. The maximum atomic E-state index is 11.7. The van der Waals surface area contributed by atoms with Crippen LogP contribution in [0.15, 0.2) is 18.2 Å². The van der Waals surface area contributed by atoms with E-state index in [0.29, 0.717) is 24.1 Å². The number of aromatic nitrogens is 1. The monoisotopic (exact) mass is 260 g/mol. The second-order valence-electron chi connectivity index (χ2n) is 5.63. The molecule has 0 unspecified atom stereocenters. The van der Waals surface area contributed by atoms with Gasteiger partial charge in [0.25, 0.3) is 0 Å². The van der Waals surface area contributed by atoms with Gasteiger partial charge < -0.3 is 4.90 Å². The minimum atomic E-state index is 0.140.